The number of benzene rings is 1. The number of nitrogens with one attached hydrogen (secondary N) is 1. The lowest BCUT2D eigenvalue weighted by atomic mass is 9.92. The van der Waals surface area contributed by atoms with Crippen LogP contribution in [0, 0.1) is 0 Å². The van der Waals surface area contributed by atoms with Gasteiger partial charge in [0.2, 0.25) is 0 Å². The Bertz CT molecular complexity index is 361. The second kappa shape index (κ2) is 5.85. The van der Waals surface area contributed by atoms with Gasteiger partial charge < -0.3 is 10.1 Å². The molecular formula is C16H25NO. The minimum atomic E-state index is 0.0187. The number of rotatable bonds is 4. The molecule has 1 N–H and O–H groups in total. The van der Waals surface area contributed by atoms with Crippen molar-refractivity contribution in [3.63, 3.8) is 0 Å². The normalized spacial score (nSPS) is 24.7. The van der Waals surface area contributed by atoms with E-state index in [1.165, 1.54) is 5.56 Å². The van der Waals surface area contributed by atoms with Gasteiger partial charge in [-0.15, -0.1) is 0 Å². The van der Waals surface area contributed by atoms with Crippen LogP contribution >= 0.6 is 0 Å². The summed E-state index contributed by atoms with van der Waals surface area (Å²) in [6.07, 6.45) is 3.34. The first-order chi connectivity index (χ1) is 8.61. The Morgan fingerprint density at radius 1 is 1.33 bits per heavy atom. The standard InChI is InChI=1S/C16H25NO/c1-4-15(13-8-6-5-7-9-13)17-14-10-11-18-16(2,3)12-14/h5-9,14-15,17H,4,10-12H2,1-3H3. The number of hydrogen-bond acceptors (Lipinski definition) is 2. The fourth-order valence-corrected chi connectivity index (χ4v) is 2.79. The molecule has 2 nitrogen and oxygen atoms in total. The molecule has 2 heteroatoms. The molecule has 1 saturated heterocycles. The Labute approximate surface area is 111 Å². The quantitative estimate of drug-likeness (QED) is 0.876. The van der Waals surface area contributed by atoms with Gasteiger partial charge in [-0.3, -0.25) is 0 Å². The Hall–Kier alpha value is -0.860. The van der Waals surface area contributed by atoms with Crippen LogP contribution in [-0.2, 0) is 4.74 Å². The van der Waals surface area contributed by atoms with Crippen LogP contribution in [0.15, 0.2) is 30.3 Å². The molecule has 1 aliphatic rings. The van der Waals surface area contributed by atoms with Gasteiger partial charge in [0.15, 0.2) is 0 Å². The summed E-state index contributed by atoms with van der Waals surface area (Å²) in [5, 5.41) is 3.80. The first-order valence-corrected chi connectivity index (χ1v) is 7.05. The Morgan fingerprint density at radius 2 is 2.06 bits per heavy atom. The highest BCUT2D eigenvalue weighted by molar-refractivity contribution is 5.18. The molecular weight excluding hydrogens is 222 g/mol. The molecule has 100 valence electrons. The largest absolute Gasteiger partial charge is 0.375 e. The summed E-state index contributed by atoms with van der Waals surface area (Å²) in [7, 11) is 0. The molecule has 1 aromatic rings. The van der Waals surface area contributed by atoms with Crippen molar-refractivity contribution in [2.45, 2.75) is 57.7 Å². The van der Waals surface area contributed by atoms with E-state index in [4.69, 9.17) is 4.74 Å². The van der Waals surface area contributed by atoms with E-state index < -0.39 is 0 Å². The molecule has 2 rings (SSSR count). The summed E-state index contributed by atoms with van der Waals surface area (Å²) in [5.74, 6) is 0. The molecule has 1 fully saturated rings. The highest BCUT2D eigenvalue weighted by Gasteiger charge is 2.29. The summed E-state index contributed by atoms with van der Waals surface area (Å²) in [4.78, 5) is 0. The molecule has 0 aliphatic carbocycles. The molecule has 1 aromatic carbocycles. The van der Waals surface area contributed by atoms with E-state index in [1.807, 2.05) is 0 Å². The van der Waals surface area contributed by atoms with Gasteiger partial charge in [0.25, 0.3) is 0 Å². The van der Waals surface area contributed by atoms with E-state index >= 15 is 0 Å². The van der Waals surface area contributed by atoms with E-state index in [2.05, 4.69) is 56.4 Å². The maximum Gasteiger partial charge on any atom is 0.0641 e. The van der Waals surface area contributed by atoms with Gasteiger partial charge in [0, 0.05) is 18.7 Å². The Balaban J connectivity index is 1.98. The smallest absolute Gasteiger partial charge is 0.0641 e. The van der Waals surface area contributed by atoms with Crippen molar-refractivity contribution in [2.24, 2.45) is 0 Å². The maximum atomic E-state index is 5.78. The molecule has 0 radical (unpaired) electrons. The zero-order valence-electron chi connectivity index (χ0n) is 11.8. The molecule has 0 bridgehead atoms. The van der Waals surface area contributed by atoms with Gasteiger partial charge in [-0.1, -0.05) is 37.3 Å². The third kappa shape index (κ3) is 3.56. The second-order valence-electron chi connectivity index (χ2n) is 5.84. The van der Waals surface area contributed by atoms with Crippen molar-refractivity contribution < 1.29 is 4.74 Å². The van der Waals surface area contributed by atoms with Crippen molar-refractivity contribution in [3.05, 3.63) is 35.9 Å². The van der Waals surface area contributed by atoms with Gasteiger partial charge in [-0.05, 0) is 38.7 Å². The van der Waals surface area contributed by atoms with Crippen LogP contribution in [0.25, 0.3) is 0 Å². The second-order valence-corrected chi connectivity index (χ2v) is 5.84. The summed E-state index contributed by atoms with van der Waals surface area (Å²) in [6.45, 7) is 7.49. The van der Waals surface area contributed by atoms with Crippen LogP contribution in [0.5, 0.6) is 0 Å². The van der Waals surface area contributed by atoms with Gasteiger partial charge in [-0.25, -0.2) is 0 Å². The lowest BCUT2D eigenvalue weighted by molar-refractivity contribution is -0.0642. The lowest BCUT2D eigenvalue weighted by Gasteiger charge is -2.37. The van der Waals surface area contributed by atoms with Gasteiger partial charge in [0.1, 0.15) is 0 Å². The molecule has 18 heavy (non-hydrogen) atoms. The molecule has 2 unspecified atom stereocenters. The van der Waals surface area contributed by atoms with E-state index in [9.17, 15) is 0 Å². The van der Waals surface area contributed by atoms with Gasteiger partial charge in [0.05, 0.1) is 5.60 Å². The first kappa shape index (κ1) is 13.6. The van der Waals surface area contributed by atoms with Crippen LogP contribution in [-0.4, -0.2) is 18.2 Å². The van der Waals surface area contributed by atoms with Gasteiger partial charge in [-0.2, -0.15) is 0 Å². The summed E-state index contributed by atoms with van der Waals surface area (Å²) < 4.78 is 5.78. The van der Waals surface area contributed by atoms with Crippen LogP contribution in [0.3, 0.4) is 0 Å². The highest BCUT2D eigenvalue weighted by atomic mass is 16.5. The highest BCUT2D eigenvalue weighted by Crippen LogP contribution is 2.26. The topological polar surface area (TPSA) is 21.3 Å². The SMILES string of the molecule is CCC(NC1CCOC(C)(C)C1)c1ccccc1. The van der Waals surface area contributed by atoms with E-state index in [1.54, 1.807) is 0 Å². The summed E-state index contributed by atoms with van der Waals surface area (Å²) >= 11 is 0. The Kier molecular flexibility index (Phi) is 4.41. The van der Waals surface area contributed by atoms with E-state index in [0.29, 0.717) is 12.1 Å². The Morgan fingerprint density at radius 3 is 2.67 bits per heavy atom. The molecule has 0 aromatic heterocycles. The predicted molar refractivity (Wildman–Crippen MR) is 75.7 cm³/mol. The van der Waals surface area contributed by atoms with Crippen LogP contribution < -0.4 is 5.32 Å². The van der Waals surface area contributed by atoms with Crippen molar-refractivity contribution in [1.82, 2.24) is 5.32 Å². The zero-order chi connectivity index (χ0) is 13.0. The average Bonchev–Trinajstić information content (AvgIpc) is 2.36. The van der Waals surface area contributed by atoms with Crippen LogP contribution in [0.4, 0.5) is 0 Å². The molecule has 0 spiro atoms. The van der Waals surface area contributed by atoms with Crippen LogP contribution in [0.2, 0.25) is 0 Å². The van der Waals surface area contributed by atoms with Crippen molar-refractivity contribution >= 4 is 0 Å². The van der Waals surface area contributed by atoms with E-state index in [-0.39, 0.29) is 5.60 Å². The van der Waals surface area contributed by atoms with Crippen molar-refractivity contribution in [2.75, 3.05) is 6.61 Å². The first-order valence-electron chi connectivity index (χ1n) is 7.05. The molecule has 0 saturated carbocycles. The zero-order valence-corrected chi connectivity index (χ0v) is 11.8. The van der Waals surface area contributed by atoms with Crippen molar-refractivity contribution in [1.29, 1.82) is 0 Å². The number of ether oxygens (including phenoxy) is 1. The fourth-order valence-electron chi connectivity index (χ4n) is 2.79. The molecule has 2 atom stereocenters. The van der Waals surface area contributed by atoms with Crippen LogP contribution in [0.1, 0.15) is 51.6 Å². The van der Waals surface area contributed by atoms with E-state index in [0.717, 1.165) is 25.9 Å². The predicted octanol–water partition coefficient (Wildman–Crippen LogP) is 3.68. The molecule has 0 amide bonds. The minimum absolute atomic E-state index is 0.0187. The minimum Gasteiger partial charge on any atom is -0.375 e. The third-order valence-electron chi connectivity index (χ3n) is 3.74. The monoisotopic (exact) mass is 247 g/mol. The average molecular weight is 247 g/mol. The fraction of sp³-hybridized carbons (Fsp3) is 0.625. The molecule has 1 aliphatic heterocycles. The lowest BCUT2D eigenvalue weighted by Crippen LogP contribution is -2.44. The molecule has 1 heterocycles. The van der Waals surface area contributed by atoms with Crippen molar-refractivity contribution in [3.8, 4) is 0 Å². The number of hydrogen-bond donors (Lipinski definition) is 1. The third-order valence-corrected chi connectivity index (χ3v) is 3.74. The maximum absolute atomic E-state index is 5.78. The summed E-state index contributed by atoms with van der Waals surface area (Å²) in [6, 6.07) is 11.8. The van der Waals surface area contributed by atoms with Gasteiger partial charge >= 0.3 is 0 Å². The summed E-state index contributed by atoms with van der Waals surface area (Å²) in [5.41, 5.74) is 1.41.